The number of halogens is 2. The van der Waals surface area contributed by atoms with Crippen molar-refractivity contribution in [2.24, 2.45) is 5.92 Å². The minimum absolute atomic E-state index is 0.0948. The quantitative estimate of drug-likeness (QED) is 0.558. The number of benzene rings is 2. The van der Waals surface area contributed by atoms with Gasteiger partial charge in [-0.05, 0) is 29.7 Å². The first-order chi connectivity index (χ1) is 12.8. The predicted molar refractivity (Wildman–Crippen MR) is 104 cm³/mol. The van der Waals surface area contributed by atoms with Crippen LogP contribution in [0.2, 0.25) is 10.0 Å². The summed E-state index contributed by atoms with van der Waals surface area (Å²) < 4.78 is 5.60. The molecule has 0 fully saturated rings. The molecule has 27 heavy (non-hydrogen) atoms. The predicted octanol–water partition coefficient (Wildman–Crippen LogP) is 3.92. The largest absolute Gasteiger partial charge is 0.423 e. The summed E-state index contributed by atoms with van der Waals surface area (Å²) in [6.45, 7) is 3.80. The van der Waals surface area contributed by atoms with Gasteiger partial charge in [0.15, 0.2) is 5.75 Å². The summed E-state index contributed by atoms with van der Waals surface area (Å²) in [7, 11) is 0. The molecule has 2 unspecified atom stereocenters. The van der Waals surface area contributed by atoms with Gasteiger partial charge >= 0.3 is 5.97 Å². The maximum atomic E-state index is 13.2. The van der Waals surface area contributed by atoms with E-state index in [1.165, 1.54) is 0 Å². The fraction of sp³-hybridized carbons (Fsp3) is 0.300. The summed E-state index contributed by atoms with van der Waals surface area (Å²) in [5.41, 5.74) is 0.958. The third-order valence-electron chi connectivity index (χ3n) is 5.11. The fourth-order valence-electron chi connectivity index (χ4n) is 3.73. The van der Waals surface area contributed by atoms with Crippen LogP contribution in [0, 0.1) is 5.92 Å². The number of rotatable bonds is 1. The van der Waals surface area contributed by atoms with E-state index in [2.05, 4.69) is 10.6 Å². The lowest BCUT2D eigenvalue weighted by Crippen LogP contribution is -2.59. The second kappa shape index (κ2) is 6.51. The number of amides is 1. The van der Waals surface area contributed by atoms with Crippen LogP contribution < -0.4 is 15.4 Å². The molecule has 7 heteroatoms. The van der Waals surface area contributed by atoms with Crippen LogP contribution in [0.4, 0.5) is 5.69 Å². The standard InChI is InChI=1S/C20H18Cl2N2O3/c1-10(2)16-18(25)27-17-11(4-3-5-14(17)22)9-20(24-16)13-7-6-12(21)8-15(13)23-19(20)26/h3-8,10,16,24H,9H2,1-2H3,(H,23,26). The molecule has 0 bridgehead atoms. The van der Waals surface area contributed by atoms with E-state index >= 15 is 0 Å². The lowest BCUT2D eigenvalue weighted by molar-refractivity contribution is -0.140. The first-order valence-corrected chi connectivity index (χ1v) is 9.45. The molecule has 0 saturated carbocycles. The molecule has 0 saturated heterocycles. The zero-order chi connectivity index (χ0) is 19.3. The average molecular weight is 405 g/mol. The zero-order valence-corrected chi connectivity index (χ0v) is 16.3. The Labute approximate surface area is 167 Å². The normalized spacial score (nSPS) is 24.1. The highest BCUT2D eigenvalue weighted by Crippen LogP contribution is 2.44. The zero-order valence-electron chi connectivity index (χ0n) is 14.8. The van der Waals surface area contributed by atoms with E-state index < -0.39 is 17.6 Å². The molecule has 2 heterocycles. The van der Waals surface area contributed by atoms with Gasteiger partial charge in [0, 0.05) is 22.7 Å². The van der Waals surface area contributed by atoms with Crippen LogP contribution in [-0.2, 0) is 21.5 Å². The number of carbonyl (C=O) groups excluding carboxylic acids is 2. The number of hydrogen-bond donors (Lipinski definition) is 2. The van der Waals surface area contributed by atoms with Crippen molar-refractivity contribution < 1.29 is 14.3 Å². The van der Waals surface area contributed by atoms with Gasteiger partial charge in [-0.15, -0.1) is 0 Å². The summed E-state index contributed by atoms with van der Waals surface area (Å²) >= 11 is 12.4. The number of anilines is 1. The van der Waals surface area contributed by atoms with Gasteiger partial charge in [-0.25, -0.2) is 4.79 Å². The van der Waals surface area contributed by atoms with Gasteiger partial charge in [0.2, 0.25) is 5.91 Å². The van der Waals surface area contributed by atoms with Crippen molar-refractivity contribution in [3.05, 3.63) is 57.6 Å². The van der Waals surface area contributed by atoms with Crippen molar-refractivity contribution in [2.75, 3.05) is 5.32 Å². The molecule has 140 valence electrons. The monoisotopic (exact) mass is 404 g/mol. The number of hydrogen-bond acceptors (Lipinski definition) is 4. The molecular weight excluding hydrogens is 387 g/mol. The van der Waals surface area contributed by atoms with Gasteiger partial charge in [-0.3, -0.25) is 10.1 Å². The van der Waals surface area contributed by atoms with Crippen LogP contribution in [0.5, 0.6) is 5.75 Å². The minimum Gasteiger partial charge on any atom is -0.423 e. The Morgan fingerprint density at radius 3 is 2.70 bits per heavy atom. The van der Waals surface area contributed by atoms with Gasteiger partial charge in [-0.1, -0.05) is 55.2 Å². The Balaban J connectivity index is 1.94. The van der Waals surface area contributed by atoms with Gasteiger partial charge in [0.1, 0.15) is 11.6 Å². The molecule has 2 atom stereocenters. The molecule has 2 aromatic carbocycles. The number of esters is 1. The molecule has 0 aliphatic carbocycles. The van der Waals surface area contributed by atoms with Crippen LogP contribution in [0.15, 0.2) is 36.4 Å². The van der Waals surface area contributed by atoms with E-state index in [0.29, 0.717) is 33.5 Å². The number of nitrogens with one attached hydrogen (secondary N) is 2. The molecule has 4 rings (SSSR count). The molecular formula is C20H18Cl2N2O3. The molecule has 2 N–H and O–H groups in total. The molecule has 1 amide bonds. The van der Waals surface area contributed by atoms with Crippen molar-refractivity contribution in [1.82, 2.24) is 5.32 Å². The second-order valence-corrected chi connectivity index (χ2v) is 8.08. The lowest BCUT2D eigenvalue weighted by atomic mass is 9.82. The lowest BCUT2D eigenvalue weighted by Gasteiger charge is -2.36. The number of para-hydroxylation sites is 1. The molecule has 0 radical (unpaired) electrons. The molecule has 2 aliphatic heterocycles. The van der Waals surface area contributed by atoms with Crippen molar-refractivity contribution in [2.45, 2.75) is 31.8 Å². The number of ether oxygens (including phenoxy) is 1. The average Bonchev–Trinajstić information content (AvgIpc) is 2.85. The van der Waals surface area contributed by atoms with E-state index in [1.807, 2.05) is 26.0 Å². The molecule has 0 aromatic heterocycles. The Bertz CT molecular complexity index is 960. The van der Waals surface area contributed by atoms with Crippen LogP contribution in [-0.4, -0.2) is 17.9 Å². The molecule has 1 spiro atoms. The van der Waals surface area contributed by atoms with E-state index in [1.54, 1.807) is 24.3 Å². The van der Waals surface area contributed by atoms with Crippen LogP contribution in [0.3, 0.4) is 0 Å². The molecule has 2 aliphatic rings. The second-order valence-electron chi connectivity index (χ2n) is 7.24. The fourth-order valence-corrected chi connectivity index (χ4v) is 4.14. The Morgan fingerprint density at radius 1 is 1.19 bits per heavy atom. The summed E-state index contributed by atoms with van der Waals surface area (Å²) in [5, 5.41) is 7.06. The molecule has 2 aromatic rings. The van der Waals surface area contributed by atoms with Gasteiger partial charge in [-0.2, -0.15) is 0 Å². The summed E-state index contributed by atoms with van der Waals surface area (Å²) in [6, 6.07) is 9.85. The van der Waals surface area contributed by atoms with E-state index in [-0.39, 0.29) is 11.8 Å². The van der Waals surface area contributed by atoms with E-state index in [9.17, 15) is 9.59 Å². The van der Waals surface area contributed by atoms with Crippen molar-refractivity contribution in [3.63, 3.8) is 0 Å². The van der Waals surface area contributed by atoms with Crippen molar-refractivity contribution in [1.29, 1.82) is 0 Å². The first kappa shape index (κ1) is 18.3. The van der Waals surface area contributed by atoms with E-state index in [4.69, 9.17) is 27.9 Å². The SMILES string of the molecule is CC(C)C1NC2(Cc3cccc(Cl)c3OC1=O)C(=O)Nc1cc(Cl)ccc12. The Hall–Kier alpha value is -2.08. The van der Waals surface area contributed by atoms with Gasteiger partial charge in [0.25, 0.3) is 0 Å². The summed E-state index contributed by atoms with van der Waals surface area (Å²) in [6.07, 6.45) is 0.292. The van der Waals surface area contributed by atoms with Crippen LogP contribution in [0.25, 0.3) is 0 Å². The highest BCUT2D eigenvalue weighted by molar-refractivity contribution is 6.32. The smallest absolute Gasteiger partial charge is 0.328 e. The van der Waals surface area contributed by atoms with Crippen LogP contribution >= 0.6 is 23.2 Å². The minimum atomic E-state index is -1.12. The maximum absolute atomic E-state index is 13.2. The van der Waals surface area contributed by atoms with Crippen molar-refractivity contribution in [3.8, 4) is 5.75 Å². The number of fused-ring (bicyclic) bond motifs is 3. The first-order valence-electron chi connectivity index (χ1n) is 8.70. The summed E-state index contributed by atoms with van der Waals surface area (Å²) in [4.78, 5) is 26.0. The number of carbonyl (C=O) groups is 2. The Kier molecular flexibility index (Phi) is 4.41. The maximum Gasteiger partial charge on any atom is 0.328 e. The van der Waals surface area contributed by atoms with Gasteiger partial charge < -0.3 is 10.1 Å². The summed E-state index contributed by atoms with van der Waals surface area (Å²) in [5.74, 6) is -0.479. The molecule has 5 nitrogen and oxygen atoms in total. The van der Waals surface area contributed by atoms with Gasteiger partial charge in [0.05, 0.1) is 5.02 Å². The highest BCUT2D eigenvalue weighted by Gasteiger charge is 2.51. The third-order valence-corrected chi connectivity index (χ3v) is 5.64. The van der Waals surface area contributed by atoms with Crippen LogP contribution in [0.1, 0.15) is 25.0 Å². The Morgan fingerprint density at radius 2 is 1.96 bits per heavy atom. The topological polar surface area (TPSA) is 67.4 Å². The van der Waals surface area contributed by atoms with Crippen molar-refractivity contribution >= 4 is 40.8 Å². The third kappa shape index (κ3) is 2.90. The van der Waals surface area contributed by atoms with E-state index in [0.717, 1.165) is 5.56 Å². The highest BCUT2D eigenvalue weighted by atomic mass is 35.5.